The highest BCUT2D eigenvalue weighted by Gasteiger charge is 2.12. The number of hydrogen-bond acceptors (Lipinski definition) is 3. The monoisotopic (exact) mass is 199 g/mol. The summed E-state index contributed by atoms with van der Waals surface area (Å²) in [7, 11) is -4.66. The Morgan fingerprint density at radius 2 is 2.08 bits per heavy atom. The van der Waals surface area contributed by atoms with Crippen molar-refractivity contribution in [1.82, 2.24) is 0 Å². The first-order valence-corrected chi connectivity index (χ1v) is 4.79. The molecule has 1 rings (SSSR count). The summed E-state index contributed by atoms with van der Waals surface area (Å²) in [6, 6.07) is 5.34. The fraction of sp³-hybridized carbons (Fsp3) is 0.125. The minimum absolute atomic E-state index is 0.340. The summed E-state index contributed by atoms with van der Waals surface area (Å²) in [5.74, 6) is 0. The lowest BCUT2D eigenvalue weighted by Gasteiger charge is -1.98. The van der Waals surface area contributed by atoms with Crippen LogP contribution in [0, 0.1) is 18.3 Å². The maximum atomic E-state index is 12.4. The van der Waals surface area contributed by atoms with Crippen molar-refractivity contribution in [3.63, 3.8) is 0 Å². The summed E-state index contributed by atoms with van der Waals surface area (Å²) in [6.45, 7) is 1.55. The standard InChI is InChI=1S/C8H6FNO2S/c1-6-4-8(13(9,11)12)3-2-7(6)5-10/h2-4H,1H3. The molecule has 68 valence electrons. The van der Waals surface area contributed by atoms with E-state index in [0.717, 1.165) is 12.1 Å². The molecule has 13 heavy (non-hydrogen) atoms. The van der Waals surface area contributed by atoms with Crippen LogP contribution in [0.1, 0.15) is 11.1 Å². The van der Waals surface area contributed by atoms with Crippen molar-refractivity contribution in [3.05, 3.63) is 29.3 Å². The lowest BCUT2D eigenvalue weighted by atomic mass is 10.1. The van der Waals surface area contributed by atoms with Crippen molar-refractivity contribution in [3.8, 4) is 6.07 Å². The molecular weight excluding hydrogens is 193 g/mol. The smallest absolute Gasteiger partial charge is 0.192 e. The molecule has 0 amide bonds. The molecule has 0 aliphatic heterocycles. The van der Waals surface area contributed by atoms with Crippen molar-refractivity contribution in [1.29, 1.82) is 5.26 Å². The highest BCUT2D eigenvalue weighted by molar-refractivity contribution is 7.86. The molecule has 0 bridgehead atoms. The Morgan fingerprint density at radius 3 is 2.46 bits per heavy atom. The summed E-state index contributed by atoms with van der Waals surface area (Å²) in [6.07, 6.45) is 0. The van der Waals surface area contributed by atoms with Gasteiger partial charge in [0, 0.05) is 0 Å². The van der Waals surface area contributed by atoms with Gasteiger partial charge in [-0.1, -0.05) is 0 Å². The van der Waals surface area contributed by atoms with Crippen LogP contribution in [-0.2, 0) is 10.2 Å². The highest BCUT2D eigenvalue weighted by Crippen LogP contribution is 2.16. The van der Waals surface area contributed by atoms with Crippen LogP contribution < -0.4 is 0 Å². The van der Waals surface area contributed by atoms with E-state index in [2.05, 4.69) is 0 Å². The van der Waals surface area contributed by atoms with E-state index in [-0.39, 0.29) is 0 Å². The van der Waals surface area contributed by atoms with Gasteiger partial charge in [-0.2, -0.15) is 13.7 Å². The molecule has 3 nitrogen and oxygen atoms in total. The van der Waals surface area contributed by atoms with E-state index in [0.29, 0.717) is 11.1 Å². The van der Waals surface area contributed by atoms with Gasteiger partial charge in [-0.15, -0.1) is 3.89 Å². The second-order valence-electron chi connectivity index (χ2n) is 2.53. The third-order valence-electron chi connectivity index (χ3n) is 1.60. The molecule has 5 heteroatoms. The van der Waals surface area contributed by atoms with Crippen LogP contribution in [0.2, 0.25) is 0 Å². The lowest BCUT2D eigenvalue weighted by Crippen LogP contribution is -1.93. The van der Waals surface area contributed by atoms with Gasteiger partial charge in [-0.3, -0.25) is 0 Å². The molecule has 0 aliphatic rings. The first-order valence-electron chi connectivity index (χ1n) is 3.40. The minimum Gasteiger partial charge on any atom is -0.192 e. The van der Waals surface area contributed by atoms with Gasteiger partial charge in [0.25, 0.3) is 0 Å². The Hall–Kier alpha value is -1.41. The second kappa shape index (κ2) is 3.15. The van der Waals surface area contributed by atoms with Crippen LogP contribution in [0.5, 0.6) is 0 Å². The molecule has 0 aliphatic carbocycles. The number of hydrogen-bond donors (Lipinski definition) is 0. The number of aryl methyl sites for hydroxylation is 1. The van der Waals surface area contributed by atoms with Crippen LogP contribution in [0.25, 0.3) is 0 Å². The number of rotatable bonds is 1. The fourth-order valence-electron chi connectivity index (χ4n) is 0.913. The van der Waals surface area contributed by atoms with Crippen molar-refractivity contribution in [2.24, 2.45) is 0 Å². The lowest BCUT2D eigenvalue weighted by molar-refractivity contribution is 0.552. The van der Waals surface area contributed by atoms with E-state index in [1.165, 1.54) is 6.07 Å². The Kier molecular flexibility index (Phi) is 2.34. The average Bonchev–Trinajstić information content (AvgIpc) is 2.02. The summed E-state index contributed by atoms with van der Waals surface area (Å²) in [5, 5.41) is 8.52. The molecule has 0 N–H and O–H groups in total. The van der Waals surface area contributed by atoms with E-state index in [1.54, 1.807) is 6.92 Å². The fourth-order valence-corrected chi connectivity index (χ4v) is 1.46. The third-order valence-corrected chi connectivity index (χ3v) is 2.42. The number of halogens is 1. The van der Waals surface area contributed by atoms with Crippen molar-refractivity contribution >= 4 is 10.2 Å². The highest BCUT2D eigenvalue weighted by atomic mass is 32.3. The summed E-state index contributed by atoms with van der Waals surface area (Å²) in [4.78, 5) is -0.413. The number of benzene rings is 1. The molecule has 0 fully saturated rings. The average molecular weight is 199 g/mol. The molecule has 0 radical (unpaired) electrons. The predicted octanol–water partition coefficient (Wildman–Crippen LogP) is 1.52. The Balaban J connectivity index is 3.36. The molecule has 0 aromatic heterocycles. The van der Waals surface area contributed by atoms with Crippen LogP contribution in [0.3, 0.4) is 0 Å². The van der Waals surface area contributed by atoms with Gasteiger partial charge in [0.05, 0.1) is 16.5 Å². The summed E-state index contributed by atoms with van der Waals surface area (Å²) >= 11 is 0. The molecule has 0 saturated carbocycles. The number of nitriles is 1. The third kappa shape index (κ3) is 2.04. The Labute approximate surface area is 75.6 Å². The zero-order chi connectivity index (χ0) is 10.1. The maximum Gasteiger partial charge on any atom is 0.332 e. The van der Waals surface area contributed by atoms with Crippen molar-refractivity contribution < 1.29 is 12.3 Å². The SMILES string of the molecule is Cc1cc(S(=O)(=O)F)ccc1C#N. The van der Waals surface area contributed by atoms with E-state index >= 15 is 0 Å². The van der Waals surface area contributed by atoms with Gasteiger partial charge >= 0.3 is 10.2 Å². The quantitative estimate of drug-likeness (QED) is 0.644. The van der Waals surface area contributed by atoms with E-state index in [4.69, 9.17) is 5.26 Å². The molecule has 1 aromatic carbocycles. The molecule has 1 aromatic rings. The predicted molar refractivity (Wildman–Crippen MR) is 44.2 cm³/mol. The van der Waals surface area contributed by atoms with Gasteiger partial charge in [0.1, 0.15) is 0 Å². The largest absolute Gasteiger partial charge is 0.332 e. The first kappa shape index (κ1) is 9.68. The van der Waals surface area contributed by atoms with Gasteiger partial charge in [-0.05, 0) is 30.7 Å². The second-order valence-corrected chi connectivity index (χ2v) is 3.87. The molecule has 0 heterocycles. The molecule has 0 spiro atoms. The molecule has 0 atom stereocenters. The first-order chi connectivity index (χ1) is 5.95. The molecule has 0 unspecified atom stereocenters. The van der Waals surface area contributed by atoms with E-state index < -0.39 is 15.1 Å². The van der Waals surface area contributed by atoms with Crippen molar-refractivity contribution in [2.45, 2.75) is 11.8 Å². The Bertz CT molecular complexity index is 473. The summed E-state index contributed by atoms with van der Waals surface area (Å²) < 4.78 is 33.3. The van der Waals surface area contributed by atoms with Crippen LogP contribution in [-0.4, -0.2) is 8.42 Å². The topological polar surface area (TPSA) is 57.9 Å². The van der Waals surface area contributed by atoms with Gasteiger partial charge < -0.3 is 0 Å². The maximum absolute atomic E-state index is 12.4. The minimum atomic E-state index is -4.66. The van der Waals surface area contributed by atoms with E-state index in [1.807, 2.05) is 6.07 Å². The molecule has 0 saturated heterocycles. The van der Waals surface area contributed by atoms with Gasteiger partial charge in [0.2, 0.25) is 0 Å². The van der Waals surface area contributed by atoms with Gasteiger partial charge in [-0.25, -0.2) is 0 Å². The summed E-state index contributed by atoms with van der Waals surface area (Å²) in [5.41, 5.74) is 0.786. The van der Waals surface area contributed by atoms with Crippen LogP contribution in [0.15, 0.2) is 23.1 Å². The van der Waals surface area contributed by atoms with Gasteiger partial charge in [0.15, 0.2) is 0 Å². The van der Waals surface area contributed by atoms with Crippen molar-refractivity contribution in [2.75, 3.05) is 0 Å². The normalized spacial score (nSPS) is 10.8. The van der Waals surface area contributed by atoms with E-state index in [9.17, 15) is 12.3 Å². The Morgan fingerprint density at radius 1 is 1.46 bits per heavy atom. The zero-order valence-corrected chi connectivity index (χ0v) is 7.60. The molecular formula is C8H6FNO2S. The van der Waals surface area contributed by atoms with Crippen LogP contribution in [0.4, 0.5) is 3.89 Å². The van der Waals surface area contributed by atoms with Crippen LogP contribution >= 0.6 is 0 Å². The number of nitrogens with zero attached hydrogens (tertiary/aromatic N) is 1. The zero-order valence-electron chi connectivity index (χ0n) is 6.78.